The molecule has 0 radical (unpaired) electrons. The lowest BCUT2D eigenvalue weighted by molar-refractivity contribution is 0.569. The Balaban J connectivity index is 2.61. The van der Waals surface area contributed by atoms with E-state index >= 15 is 0 Å². The zero-order chi connectivity index (χ0) is 9.35. The topological polar surface area (TPSA) is 96.0 Å². The predicted octanol–water partition coefficient (Wildman–Crippen LogP) is -0.750. The molecule has 1 saturated carbocycles. The summed E-state index contributed by atoms with van der Waals surface area (Å²) in [6.07, 6.45) is 2.98. The monoisotopic (exact) mass is 191 g/mol. The molecule has 0 aromatic heterocycles. The minimum absolute atomic E-state index is 0.0945. The van der Waals surface area contributed by atoms with Gasteiger partial charge in [-0.05, 0) is 18.8 Å². The fourth-order valence-electron chi connectivity index (χ4n) is 1.07. The van der Waals surface area contributed by atoms with Crippen LogP contribution in [0.5, 0.6) is 0 Å². The van der Waals surface area contributed by atoms with Crippen LogP contribution in [0.25, 0.3) is 0 Å². The normalized spacial score (nSPS) is 20.4. The summed E-state index contributed by atoms with van der Waals surface area (Å²) in [5, 5.41) is 7.15. The van der Waals surface area contributed by atoms with Gasteiger partial charge in [0.05, 0.1) is 12.3 Å². The summed E-state index contributed by atoms with van der Waals surface area (Å²) < 4.78 is 24.0. The first-order valence-corrected chi connectivity index (χ1v) is 5.60. The van der Waals surface area contributed by atoms with Gasteiger partial charge in [0.15, 0.2) is 0 Å². The lowest BCUT2D eigenvalue weighted by Gasteiger charge is -2.14. The number of sulfonamides is 1. The smallest absolute Gasteiger partial charge is 0.209 e. The number of nitrogens with one attached hydrogen (secondary N) is 2. The third kappa shape index (κ3) is 2.78. The molecule has 1 rings (SSSR count). The number of amidine groups is 1. The van der Waals surface area contributed by atoms with Crippen LogP contribution in [-0.2, 0) is 10.0 Å². The SMILES string of the molecule is CS(=O)(=O)NC(C(=N)N)C1CC1. The van der Waals surface area contributed by atoms with Gasteiger partial charge in [-0.2, -0.15) is 0 Å². The van der Waals surface area contributed by atoms with E-state index in [-0.39, 0.29) is 11.8 Å². The number of hydrogen-bond acceptors (Lipinski definition) is 3. The third-order valence-electron chi connectivity index (χ3n) is 1.77. The molecular formula is C6H13N3O2S. The van der Waals surface area contributed by atoms with Gasteiger partial charge in [0.25, 0.3) is 0 Å². The Morgan fingerprint density at radius 3 is 2.42 bits per heavy atom. The molecule has 6 heteroatoms. The van der Waals surface area contributed by atoms with E-state index in [0.29, 0.717) is 0 Å². The van der Waals surface area contributed by atoms with Gasteiger partial charge in [-0.3, -0.25) is 5.41 Å². The van der Waals surface area contributed by atoms with Crippen LogP contribution in [0, 0.1) is 11.3 Å². The maximum absolute atomic E-state index is 10.8. The zero-order valence-electron chi connectivity index (χ0n) is 6.87. The van der Waals surface area contributed by atoms with Crippen molar-refractivity contribution in [2.75, 3.05) is 6.26 Å². The van der Waals surface area contributed by atoms with Crippen LogP contribution in [0.2, 0.25) is 0 Å². The van der Waals surface area contributed by atoms with E-state index in [2.05, 4.69) is 4.72 Å². The first-order chi connectivity index (χ1) is 5.40. The van der Waals surface area contributed by atoms with E-state index < -0.39 is 16.1 Å². The molecule has 1 aliphatic rings. The van der Waals surface area contributed by atoms with Gasteiger partial charge >= 0.3 is 0 Å². The molecule has 0 amide bonds. The summed E-state index contributed by atoms with van der Waals surface area (Å²) in [7, 11) is -3.24. The van der Waals surface area contributed by atoms with Crippen LogP contribution in [0.15, 0.2) is 0 Å². The third-order valence-corrected chi connectivity index (χ3v) is 2.45. The molecule has 4 N–H and O–H groups in total. The summed E-state index contributed by atoms with van der Waals surface area (Å²) in [4.78, 5) is 0. The second-order valence-electron chi connectivity index (χ2n) is 3.16. The van der Waals surface area contributed by atoms with Crippen LogP contribution in [-0.4, -0.2) is 26.6 Å². The Hall–Kier alpha value is -0.620. The largest absolute Gasteiger partial charge is 0.386 e. The molecule has 0 spiro atoms. The fourth-order valence-corrected chi connectivity index (χ4v) is 1.85. The summed E-state index contributed by atoms with van der Waals surface area (Å²) >= 11 is 0. The van der Waals surface area contributed by atoms with Crippen molar-refractivity contribution < 1.29 is 8.42 Å². The zero-order valence-corrected chi connectivity index (χ0v) is 7.69. The number of hydrogen-bond donors (Lipinski definition) is 3. The lowest BCUT2D eigenvalue weighted by Crippen LogP contribution is -2.45. The van der Waals surface area contributed by atoms with Gasteiger partial charge in [-0.15, -0.1) is 0 Å². The molecule has 0 aromatic rings. The van der Waals surface area contributed by atoms with Crippen molar-refractivity contribution in [3.8, 4) is 0 Å². The van der Waals surface area contributed by atoms with E-state index in [1.54, 1.807) is 0 Å². The highest BCUT2D eigenvalue weighted by molar-refractivity contribution is 7.88. The Bertz CT molecular complexity index is 281. The van der Waals surface area contributed by atoms with Crippen molar-refractivity contribution in [3.63, 3.8) is 0 Å². The molecule has 70 valence electrons. The second kappa shape index (κ2) is 3.02. The standard InChI is InChI=1S/C6H13N3O2S/c1-12(10,11)9-5(6(7)8)4-2-3-4/h4-5,9H,2-3H2,1H3,(H3,7,8). The van der Waals surface area contributed by atoms with Crippen molar-refractivity contribution in [1.29, 1.82) is 5.41 Å². The summed E-state index contributed by atoms with van der Waals surface area (Å²) in [6.45, 7) is 0. The molecular weight excluding hydrogens is 178 g/mol. The minimum Gasteiger partial charge on any atom is -0.386 e. The van der Waals surface area contributed by atoms with Crippen molar-refractivity contribution in [3.05, 3.63) is 0 Å². The average molecular weight is 191 g/mol. The highest BCUT2D eigenvalue weighted by atomic mass is 32.2. The van der Waals surface area contributed by atoms with Gasteiger partial charge in [-0.25, -0.2) is 13.1 Å². The molecule has 0 saturated heterocycles. The van der Waals surface area contributed by atoms with E-state index in [4.69, 9.17) is 11.1 Å². The number of rotatable bonds is 4. The molecule has 0 aliphatic heterocycles. The quantitative estimate of drug-likeness (QED) is 0.403. The van der Waals surface area contributed by atoms with Gasteiger partial charge in [0, 0.05) is 0 Å². The van der Waals surface area contributed by atoms with Crippen molar-refractivity contribution in [2.24, 2.45) is 11.7 Å². The molecule has 1 fully saturated rings. The summed E-state index contributed by atoms with van der Waals surface area (Å²) in [6, 6.07) is -0.486. The van der Waals surface area contributed by atoms with E-state index in [9.17, 15) is 8.42 Å². The summed E-state index contributed by atoms with van der Waals surface area (Å²) in [5.41, 5.74) is 5.24. The van der Waals surface area contributed by atoms with Crippen molar-refractivity contribution >= 4 is 15.9 Å². The fraction of sp³-hybridized carbons (Fsp3) is 0.833. The Kier molecular flexibility index (Phi) is 2.39. The molecule has 1 atom stereocenters. The Morgan fingerprint density at radius 2 is 2.17 bits per heavy atom. The van der Waals surface area contributed by atoms with Crippen LogP contribution in [0.3, 0.4) is 0 Å². The van der Waals surface area contributed by atoms with E-state index in [1.165, 1.54) is 0 Å². The molecule has 0 aromatic carbocycles. The van der Waals surface area contributed by atoms with Gasteiger partial charge < -0.3 is 5.73 Å². The van der Waals surface area contributed by atoms with E-state index in [1.807, 2.05) is 0 Å². The molecule has 0 bridgehead atoms. The highest BCUT2D eigenvalue weighted by Crippen LogP contribution is 2.32. The molecule has 12 heavy (non-hydrogen) atoms. The van der Waals surface area contributed by atoms with Crippen LogP contribution < -0.4 is 10.5 Å². The highest BCUT2D eigenvalue weighted by Gasteiger charge is 2.34. The van der Waals surface area contributed by atoms with Crippen molar-refractivity contribution in [2.45, 2.75) is 18.9 Å². The second-order valence-corrected chi connectivity index (χ2v) is 4.94. The van der Waals surface area contributed by atoms with Gasteiger partial charge in [0.2, 0.25) is 10.0 Å². The Morgan fingerprint density at radius 1 is 1.67 bits per heavy atom. The van der Waals surface area contributed by atoms with Gasteiger partial charge in [-0.1, -0.05) is 0 Å². The van der Waals surface area contributed by atoms with Crippen LogP contribution in [0.1, 0.15) is 12.8 Å². The van der Waals surface area contributed by atoms with Gasteiger partial charge in [0.1, 0.15) is 5.84 Å². The molecule has 0 heterocycles. The van der Waals surface area contributed by atoms with Crippen LogP contribution in [0.4, 0.5) is 0 Å². The first kappa shape index (κ1) is 9.47. The maximum atomic E-state index is 10.8. The molecule has 5 nitrogen and oxygen atoms in total. The number of nitrogens with two attached hydrogens (primary N) is 1. The lowest BCUT2D eigenvalue weighted by atomic mass is 10.2. The maximum Gasteiger partial charge on any atom is 0.209 e. The predicted molar refractivity (Wildman–Crippen MR) is 46.4 cm³/mol. The van der Waals surface area contributed by atoms with Crippen molar-refractivity contribution in [1.82, 2.24) is 4.72 Å². The minimum atomic E-state index is -3.24. The Labute approximate surface area is 71.9 Å². The summed E-state index contributed by atoms with van der Waals surface area (Å²) in [5.74, 6) is 0.139. The molecule has 1 aliphatic carbocycles. The first-order valence-electron chi connectivity index (χ1n) is 3.71. The molecule has 1 unspecified atom stereocenters. The van der Waals surface area contributed by atoms with E-state index in [0.717, 1.165) is 19.1 Å². The average Bonchev–Trinajstić information content (AvgIpc) is 2.61. The van der Waals surface area contributed by atoms with Crippen LogP contribution >= 0.6 is 0 Å².